The molecule has 0 saturated carbocycles. The average Bonchev–Trinajstić information content (AvgIpc) is 2.50. The summed E-state index contributed by atoms with van der Waals surface area (Å²) in [6.45, 7) is 1.38. The van der Waals surface area contributed by atoms with Crippen molar-refractivity contribution in [2.75, 3.05) is 10.6 Å². The second-order valence-electron chi connectivity index (χ2n) is 5.30. The van der Waals surface area contributed by atoms with E-state index in [0.29, 0.717) is 11.3 Å². The van der Waals surface area contributed by atoms with Crippen molar-refractivity contribution < 1.29 is 22.8 Å². The molecule has 0 saturated heterocycles. The van der Waals surface area contributed by atoms with Gasteiger partial charge in [0.25, 0.3) is 0 Å². The Hall–Kier alpha value is -2.54. The van der Waals surface area contributed by atoms with Crippen molar-refractivity contribution in [1.29, 1.82) is 0 Å². The maximum atomic E-state index is 12.7. The van der Waals surface area contributed by atoms with E-state index in [1.807, 2.05) is 0 Å². The van der Waals surface area contributed by atoms with Crippen molar-refractivity contribution in [1.82, 2.24) is 0 Å². The first-order valence-corrected chi connectivity index (χ1v) is 7.56. The van der Waals surface area contributed by atoms with Crippen LogP contribution >= 0.6 is 11.6 Å². The van der Waals surface area contributed by atoms with E-state index < -0.39 is 17.6 Å². The molecular weight excluding hydrogens is 357 g/mol. The molecule has 0 aliphatic carbocycles. The van der Waals surface area contributed by atoms with Crippen LogP contribution in [0.25, 0.3) is 0 Å². The Labute approximate surface area is 147 Å². The largest absolute Gasteiger partial charge is 0.416 e. The lowest BCUT2D eigenvalue weighted by molar-refractivity contribution is -0.137. The third-order valence-electron chi connectivity index (χ3n) is 3.21. The number of halogens is 4. The lowest BCUT2D eigenvalue weighted by Crippen LogP contribution is -2.15. The molecule has 0 atom stereocenters. The van der Waals surface area contributed by atoms with Gasteiger partial charge in [-0.05, 0) is 35.9 Å². The zero-order valence-corrected chi connectivity index (χ0v) is 13.8. The smallest absolute Gasteiger partial charge is 0.326 e. The Morgan fingerprint density at radius 3 is 2.24 bits per heavy atom. The summed E-state index contributed by atoms with van der Waals surface area (Å²) in [5.74, 6) is -0.724. The third kappa shape index (κ3) is 5.49. The summed E-state index contributed by atoms with van der Waals surface area (Å²) in [4.78, 5) is 23.0. The van der Waals surface area contributed by atoms with E-state index in [0.717, 1.165) is 18.2 Å². The van der Waals surface area contributed by atoms with Crippen LogP contribution in [-0.2, 0) is 22.2 Å². The normalized spacial score (nSPS) is 11.1. The molecule has 0 aromatic heterocycles. The monoisotopic (exact) mass is 370 g/mol. The van der Waals surface area contributed by atoms with Crippen LogP contribution in [0.5, 0.6) is 0 Å². The number of carbonyl (C=O) groups excluding carboxylic acids is 2. The van der Waals surface area contributed by atoms with Crippen LogP contribution in [0.1, 0.15) is 18.1 Å². The molecule has 0 fully saturated rings. The number of alkyl halides is 3. The molecule has 2 N–H and O–H groups in total. The molecule has 132 valence electrons. The molecule has 2 aromatic carbocycles. The number of carbonyl (C=O) groups is 2. The summed E-state index contributed by atoms with van der Waals surface area (Å²) < 4.78 is 38.2. The van der Waals surface area contributed by atoms with Crippen LogP contribution in [0.3, 0.4) is 0 Å². The first-order valence-electron chi connectivity index (χ1n) is 7.18. The molecule has 2 rings (SSSR count). The molecule has 25 heavy (non-hydrogen) atoms. The summed E-state index contributed by atoms with van der Waals surface area (Å²) in [5, 5.41) is 4.98. The highest BCUT2D eigenvalue weighted by molar-refractivity contribution is 6.33. The summed E-state index contributed by atoms with van der Waals surface area (Å²) in [5.41, 5.74) is 0.218. The molecule has 8 heteroatoms. The molecule has 2 aromatic rings. The molecule has 0 bridgehead atoms. The van der Waals surface area contributed by atoms with E-state index in [-0.39, 0.29) is 23.0 Å². The van der Waals surface area contributed by atoms with Gasteiger partial charge >= 0.3 is 6.18 Å². The minimum absolute atomic E-state index is 0.0161. The van der Waals surface area contributed by atoms with Gasteiger partial charge in [0.05, 0.1) is 22.7 Å². The van der Waals surface area contributed by atoms with Crippen LogP contribution in [0.15, 0.2) is 42.5 Å². The van der Waals surface area contributed by atoms with Crippen LogP contribution in [-0.4, -0.2) is 11.8 Å². The summed E-state index contributed by atoms with van der Waals surface area (Å²) in [6, 6.07) is 9.25. The van der Waals surface area contributed by atoms with Crippen molar-refractivity contribution >= 4 is 34.8 Å². The first kappa shape index (κ1) is 18.8. The van der Waals surface area contributed by atoms with Gasteiger partial charge in [-0.25, -0.2) is 0 Å². The Bertz CT molecular complexity index is 789. The molecule has 0 heterocycles. The minimum Gasteiger partial charge on any atom is -0.326 e. The number of benzene rings is 2. The Morgan fingerprint density at radius 1 is 1.04 bits per heavy atom. The number of nitrogens with one attached hydrogen (secondary N) is 2. The van der Waals surface area contributed by atoms with Gasteiger partial charge in [0.15, 0.2) is 0 Å². The van der Waals surface area contributed by atoms with Gasteiger partial charge < -0.3 is 10.6 Å². The quantitative estimate of drug-likeness (QED) is 0.832. The lowest BCUT2D eigenvalue weighted by atomic mass is 10.1. The number of hydrogen-bond acceptors (Lipinski definition) is 2. The van der Waals surface area contributed by atoms with Crippen molar-refractivity contribution in [2.24, 2.45) is 0 Å². The Balaban J connectivity index is 2.06. The van der Waals surface area contributed by atoms with Crippen molar-refractivity contribution in [3.8, 4) is 0 Å². The number of amides is 2. The fourth-order valence-electron chi connectivity index (χ4n) is 2.09. The van der Waals surface area contributed by atoms with Gasteiger partial charge in [-0.3, -0.25) is 9.59 Å². The Morgan fingerprint density at radius 2 is 1.68 bits per heavy atom. The van der Waals surface area contributed by atoms with Gasteiger partial charge in [0.1, 0.15) is 0 Å². The van der Waals surface area contributed by atoms with Crippen molar-refractivity contribution in [3.05, 3.63) is 58.6 Å². The van der Waals surface area contributed by atoms with Gasteiger partial charge in [-0.15, -0.1) is 0 Å². The fraction of sp³-hybridized carbons (Fsp3) is 0.176. The highest BCUT2D eigenvalue weighted by atomic mass is 35.5. The van der Waals surface area contributed by atoms with Crippen LogP contribution in [0, 0.1) is 0 Å². The summed E-state index contributed by atoms with van der Waals surface area (Å²) >= 11 is 5.84. The second-order valence-corrected chi connectivity index (χ2v) is 5.70. The molecule has 0 unspecified atom stereocenters. The van der Waals surface area contributed by atoms with Crippen LogP contribution < -0.4 is 10.6 Å². The van der Waals surface area contributed by atoms with E-state index >= 15 is 0 Å². The molecular formula is C17H14ClF3N2O2. The predicted octanol–water partition coefficient (Wildman–Crippen LogP) is 4.50. The van der Waals surface area contributed by atoms with E-state index in [4.69, 9.17) is 11.6 Å². The van der Waals surface area contributed by atoms with E-state index in [9.17, 15) is 22.8 Å². The van der Waals surface area contributed by atoms with Gasteiger partial charge in [-0.1, -0.05) is 23.7 Å². The van der Waals surface area contributed by atoms with E-state index in [1.165, 1.54) is 6.92 Å². The van der Waals surface area contributed by atoms with E-state index in [2.05, 4.69) is 10.6 Å². The van der Waals surface area contributed by atoms with Crippen molar-refractivity contribution in [3.63, 3.8) is 0 Å². The predicted molar refractivity (Wildman–Crippen MR) is 89.5 cm³/mol. The highest BCUT2D eigenvalue weighted by Gasteiger charge is 2.31. The standard InChI is InChI=1S/C17H14ClF3N2O2/c1-10(24)22-13-5-2-11(3-6-13)8-16(25)23-15-9-12(17(19,20)21)4-7-14(15)18/h2-7,9H,8H2,1H3,(H,22,24)(H,23,25). The van der Waals surface area contributed by atoms with Crippen LogP contribution in [0.2, 0.25) is 5.02 Å². The lowest BCUT2D eigenvalue weighted by Gasteiger charge is -2.12. The topological polar surface area (TPSA) is 58.2 Å². The highest BCUT2D eigenvalue weighted by Crippen LogP contribution is 2.33. The zero-order chi connectivity index (χ0) is 18.6. The third-order valence-corrected chi connectivity index (χ3v) is 3.54. The molecule has 0 aliphatic heterocycles. The first-order chi connectivity index (χ1) is 11.6. The van der Waals surface area contributed by atoms with E-state index in [1.54, 1.807) is 24.3 Å². The number of rotatable bonds is 4. The Kier molecular flexibility index (Phi) is 5.69. The fourth-order valence-corrected chi connectivity index (χ4v) is 2.25. The SMILES string of the molecule is CC(=O)Nc1ccc(CC(=O)Nc2cc(C(F)(F)F)ccc2Cl)cc1. The molecule has 4 nitrogen and oxygen atoms in total. The minimum atomic E-state index is -4.52. The molecule has 0 radical (unpaired) electrons. The molecule has 0 aliphatic rings. The zero-order valence-electron chi connectivity index (χ0n) is 13.1. The van der Waals surface area contributed by atoms with Gasteiger partial charge in [0.2, 0.25) is 11.8 Å². The maximum absolute atomic E-state index is 12.7. The molecule has 2 amide bonds. The van der Waals surface area contributed by atoms with Gasteiger partial charge in [-0.2, -0.15) is 13.2 Å². The summed E-state index contributed by atoms with van der Waals surface area (Å²) in [6.07, 6.45) is -4.57. The van der Waals surface area contributed by atoms with Crippen molar-refractivity contribution in [2.45, 2.75) is 19.5 Å². The summed E-state index contributed by atoms with van der Waals surface area (Å²) in [7, 11) is 0. The number of hydrogen-bond donors (Lipinski definition) is 2. The van der Waals surface area contributed by atoms with Crippen LogP contribution in [0.4, 0.5) is 24.5 Å². The maximum Gasteiger partial charge on any atom is 0.416 e. The molecule has 0 spiro atoms. The second kappa shape index (κ2) is 7.57. The average molecular weight is 371 g/mol. The number of anilines is 2. The van der Waals surface area contributed by atoms with Gasteiger partial charge in [0, 0.05) is 12.6 Å².